The van der Waals surface area contributed by atoms with Crippen molar-refractivity contribution in [3.63, 3.8) is 0 Å². The summed E-state index contributed by atoms with van der Waals surface area (Å²) in [5.41, 5.74) is 2.54. The lowest BCUT2D eigenvalue weighted by Gasteiger charge is -2.44. The van der Waals surface area contributed by atoms with Crippen LogP contribution in [-0.2, 0) is 11.2 Å². The molecule has 1 aromatic rings. The van der Waals surface area contributed by atoms with Gasteiger partial charge < -0.3 is 9.84 Å². The fraction of sp³-hybridized carbons (Fsp3) is 0.600. The molecule has 98 valence electrons. The summed E-state index contributed by atoms with van der Waals surface area (Å²) in [5, 5.41) is 9.68. The predicted octanol–water partition coefficient (Wildman–Crippen LogP) is 2.49. The average Bonchev–Trinajstić information content (AvgIpc) is 2.39. The van der Waals surface area contributed by atoms with E-state index in [2.05, 4.69) is 11.8 Å². The Bertz CT molecular complexity index is 431. The van der Waals surface area contributed by atoms with E-state index in [0.717, 1.165) is 26.1 Å². The van der Waals surface area contributed by atoms with Crippen LogP contribution in [0.4, 0.5) is 0 Å². The number of ether oxygens (including phenoxy) is 1. The number of rotatable bonds is 2. The monoisotopic (exact) mass is 247 g/mol. The number of aryl methyl sites for hydroxylation is 1. The maximum Gasteiger partial charge on any atom is 0.115 e. The van der Waals surface area contributed by atoms with Crippen molar-refractivity contribution in [2.45, 2.75) is 38.3 Å². The second-order valence-corrected chi connectivity index (χ2v) is 5.32. The summed E-state index contributed by atoms with van der Waals surface area (Å²) < 4.78 is 5.99. The molecule has 2 aliphatic rings. The van der Waals surface area contributed by atoms with Gasteiger partial charge in [0.2, 0.25) is 0 Å². The number of phenolic OH excluding ortho intramolecular Hbond substituents is 1. The number of hydrogen-bond donors (Lipinski definition) is 1. The number of aromatic hydroxyl groups is 1. The van der Waals surface area contributed by atoms with Gasteiger partial charge in [-0.3, -0.25) is 4.90 Å². The normalized spacial score (nSPS) is 27.6. The molecule has 1 aliphatic heterocycles. The van der Waals surface area contributed by atoms with Gasteiger partial charge in [0.1, 0.15) is 5.75 Å². The van der Waals surface area contributed by atoms with E-state index in [4.69, 9.17) is 4.74 Å². The quantitative estimate of drug-likeness (QED) is 0.871. The van der Waals surface area contributed by atoms with Crippen molar-refractivity contribution >= 4 is 0 Å². The van der Waals surface area contributed by atoms with Crippen LogP contribution in [0.3, 0.4) is 0 Å². The highest BCUT2D eigenvalue weighted by atomic mass is 16.5. The van der Waals surface area contributed by atoms with Crippen molar-refractivity contribution in [2.75, 3.05) is 19.7 Å². The Hall–Kier alpha value is -1.06. The third kappa shape index (κ3) is 2.02. The Morgan fingerprint density at radius 2 is 2.33 bits per heavy atom. The number of fused-ring (bicyclic) bond motifs is 3. The first-order valence-corrected chi connectivity index (χ1v) is 6.97. The summed E-state index contributed by atoms with van der Waals surface area (Å²) >= 11 is 0. The SMILES string of the molecule is CCCN1CCO[C@H]2c3cc(O)ccc3CC[C@H]21. The molecule has 1 aromatic carbocycles. The fourth-order valence-corrected chi connectivity index (χ4v) is 3.34. The first-order valence-electron chi connectivity index (χ1n) is 6.97. The molecule has 0 bridgehead atoms. The summed E-state index contributed by atoms with van der Waals surface area (Å²) in [7, 11) is 0. The highest BCUT2D eigenvalue weighted by Crippen LogP contribution is 2.39. The zero-order chi connectivity index (χ0) is 12.5. The number of morpholine rings is 1. The molecule has 18 heavy (non-hydrogen) atoms. The number of benzene rings is 1. The van der Waals surface area contributed by atoms with Gasteiger partial charge in [-0.1, -0.05) is 13.0 Å². The molecule has 3 nitrogen and oxygen atoms in total. The molecule has 0 radical (unpaired) electrons. The van der Waals surface area contributed by atoms with Crippen molar-refractivity contribution < 1.29 is 9.84 Å². The second-order valence-electron chi connectivity index (χ2n) is 5.32. The number of nitrogens with zero attached hydrogens (tertiary/aromatic N) is 1. The van der Waals surface area contributed by atoms with Crippen LogP contribution in [0.15, 0.2) is 18.2 Å². The molecule has 2 atom stereocenters. The van der Waals surface area contributed by atoms with Gasteiger partial charge in [0.25, 0.3) is 0 Å². The molecule has 0 saturated carbocycles. The van der Waals surface area contributed by atoms with Crippen LogP contribution in [-0.4, -0.2) is 35.7 Å². The summed E-state index contributed by atoms with van der Waals surface area (Å²) in [6, 6.07) is 6.21. The number of phenols is 1. The molecule has 3 rings (SSSR count). The molecule has 1 heterocycles. The fourth-order valence-electron chi connectivity index (χ4n) is 3.34. The van der Waals surface area contributed by atoms with Crippen LogP contribution < -0.4 is 0 Å². The van der Waals surface area contributed by atoms with Gasteiger partial charge in [-0.15, -0.1) is 0 Å². The van der Waals surface area contributed by atoms with Crippen LogP contribution in [0.1, 0.15) is 37.0 Å². The van der Waals surface area contributed by atoms with Crippen LogP contribution in [0.25, 0.3) is 0 Å². The largest absolute Gasteiger partial charge is 0.508 e. The van der Waals surface area contributed by atoms with Gasteiger partial charge in [-0.05, 0) is 49.1 Å². The van der Waals surface area contributed by atoms with E-state index in [1.54, 1.807) is 6.07 Å². The Labute approximate surface area is 108 Å². The van der Waals surface area contributed by atoms with Gasteiger partial charge in [0, 0.05) is 12.6 Å². The lowest BCUT2D eigenvalue weighted by molar-refractivity contribution is -0.0801. The molecule has 0 unspecified atom stereocenters. The molecule has 1 fully saturated rings. The van der Waals surface area contributed by atoms with Crippen molar-refractivity contribution in [1.29, 1.82) is 0 Å². The molecule has 1 aliphatic carbocycles. The smallest absolute Gasteiger partial charge is 0.115 e. The lowest BCUT2D eigenvalue weighted by Crippen LogP contribution is -2.49. The molecule has 0 spiro atoms. The summed E-state index contributed by atoms with van der Waals surface area (Å²) in [4.78, 5) is 2.56. The van der Waals surface area contributed by atoms with E-state index in [9.17, 15) is 5.11 Å². The van der Waals surface area contributed by atoms with Gasteiger partial charge >= 0.3 is 0 Å². The van der Waals surface area contributed by atoms with Gasteiger partial charge in [-0.25, -0.2) is 0 Å². The van der Waals surface area contributed by atoms with E-state index >= 15 is 0 Å². The van der Waals surface area contributed by atoms with Gasteiger partial charge in [0.05, 0.1) is 12.7 Å². The van der Waals surface area contributed by atoms with E-state index in [1.807, 2.05) is 12.1 Å². The third-order valence-electron chi connectivity index (χ3n) is 4.15. The minimum Gasteiger partial charge on any atom is -0.508 e. The maximum absolute atomic E-state index is 9.68. The molecular formula is C15H21NO2. The minimum absolute atomic E-state index is 0.154. The Morgan fingerprint density at radius 3 is 3.17 bits per heavy atom. The van der Waals surface area contributed by atoms with E-state index < -0.39 is 0 Å². The van der Waals surface area contributed by atoms with Crippen molar-refractivity contribution in [2.24, 2.45) is 0 Å². The number of hydrogen-bond acceptors (Lipinski definition) is 3. The molecule has 0 aromatic heterocycles. The minimum atomic E-state index is 0.154. The lowest BCUT2D eigenvalue weighted by atomic mass is 9.84. The van der Waals surface area contributed by atoms with E-state index in [1.165, 1.54) is 24.0 Å². The second kappa shape index (κ2) is 4.90. The van der Waals surface area contributed by atoms with E-state index in [-0.39, 0.29) is 6.10 Å². The standard InChI is InChI=1S/C15H21NO2/c1-2-7-16-8-9-18-15-13-10-12(17)5-3-11(13)4-6-14(15)16/h3,5,10,14-15,17H,2,4,6-9H2,1H3/t14-,15+/m1/s1. The summed E-state index contributed by atoms with van der Waals surface area (Å²) in [6.45, 7) is 5.23. The maximum atomic E-state index is 9.68. The first kappa shape index (κ1) is 12.0. The topological polar surface area (TPSA) is 32.7 Å². The highest BCUT2D eigenvalue weighted by Gasteiger charge is 2.36. The van der Waals surface area contributed by atoms with Crippen LogP contribution in [0.5, 0.6) is 5.75 Å². The zero-order valence-electron chi connectivity index (χ0n) is 10.9. The Morgan fingerprint density at radius 1 is 1.44 bits per heavy atom. The van der Waals surface area contributed by atoms with Gasteiger partial charge in [-0.2, -0.15) is 0 Å². The third-order valence-corrected chi connectivity index (χ3v) is 4.15. The Balaban J connectivity index is 1.91. The van der Waals surface area contributed by atoms with Crippen LogP contribution in [0, 0.1) is 0 Å². The summed E-state index contributed by atoms with van der Waals surface area (Å²) in [5.74, 6) is 0.352. The molecule has 3 heteroatoms. The van der Waals surface area contributed by atoms with Crippen molar-refractivity contribution in [1.82, 2.24) is 4.90 Å². The molecule has 0 amide bonds. The van der Waals surface area contributed by atoms with E-state index in [0.29, 0.717) is 11.8 Å². The molecule has 1 N–H and O–H groups in total. The average molecular weight is 247 g/mol. The van der Waals surface area contributed by atoms with Crippen molar-refractivity contribution in [3.8, 4) is 5.75 Å². The van der Waals surface area contributed by atoms with Crippen molar-refractivity contribution in [3.05, 3.63) is 29.3 Å². The predicted molar refractivity (Wildman–Crippen MR) is 70.8 cm³/mol. The molecule has 1 saturated heterocycles. The Kier molecular flexibility index (Phi) is 3.27. The van der Waals surface area contributed by atoms with Crippen LogP contribution >= 0.6 is 0 Å². The van der Waals surface area contributed by atoms with Crippen LogP contribution in [0.2, 0.25) is 0 Å². The zero-order valence-corrected chi connectivity index (χ0v) is 10.9. The molecular weight excluding hydrogens is 226 g/mol. The summed E-state index contributed by atoms with van der Waals surface area (Å²) in [6.07, 6.45) is 3.61. The van der Waals surface area contributed by atoms with Gasteiger partial charge in [0.15, 0.2) is 0 Å². The highest BCUT2D eigenvalue weighted by molar-refractivity contribution is 5.39. The first-order chi connectivity index (χ1) is 8.79.